The summed E-state index contributed by atoms with van der Waals surface area (Å²) in [7, 11) is 0. The Hall–Kier alpha value is -3.99. The Labute approximate surface area is 198 Å². The number of halogens is 1. The minimum Gasteiger partial charge on any atom is -0.480 e. The van der Waals surface area contributed by atoms with Gasteiger partial charge in [0.15, 0.2) is 18.2 Å². The van der Waals surface area contributed by atoms with Crippen molar-refractivity contribution in [2.24, 2.45) is 0 Å². The summed E-state index contributed by atoms with van der Waals surface area (Å²) in [6, 6.07) is 9.36. The van der Waals surface area contributed by atoms with E-state index in [1.54, 1.807) is 28.8 Å². The van der Waals surface area contributed by atoms with E-state index in [-0.39, 0.29) is 41.9 Å². The topological polar surface area (TPSA) is 115 Å². The number of benzene rings is 1. The Morgan fingerprint density at radius 3 is 2.86 bits per heavy atom. The molecule has 10 nitrogen and oxygen atoms in total. The molecule has 35 heavy (non-hydrogen) atoms. The lowest BCUT2D eigenvalue weighted by atomic mass is 10.1. The molecule has 180 valence electrons. The zero-order valence-electron chi connectivity index (χ0n) is 18.6. The zero-order valence-corrected chi connectivity index (χ0v) is 18.6. The van der Waals surface area contributed by atoms with Crippen LogP contribution in [0.3, 0.4) is 0 Å². The van der Waals surface area contributed by atoms with Crippen LogP contribution < -0.4 is 25.8 Å². The van der Waals surface area contributed by atoms with Gasteiger partial charge in [-0.05, 0) is 55.1 Å². The SMILES string of the molecule is O=C1COc2ccc(N3C[C@@H](CCCNC4Cn5c(=O)ccc6ccc(F)c4c65)OC3=O)nc2N1. The molecule has 1 saturated heterocycles. The Morgan fingerprint density at radius 2 is 1.97 bits per heavy atom. The molecular formula is C24H22FN5O5. The highest BCUT2D eigenvalue weighted by Gasteiger charge is 2.34. The van der Waals surface area contributed by atoms with Gasteiger partial charge in [-0.25, -0.2) is 14.2 Å². The molecule has 5 heterocycles. The standard InChI is InChI=1S/C24H22FN5O5/c25-15-5-3-13-4-8-20(32)30-11-16(21(15)22(13)30)26-9-1-2-14-10-29(24(33)35-14)18-7-6-17-23(27-18)28-19(31)12-34-17/h3-8,14,16,26H,1-2,9-12H2,(H,27,28,31)/t14-,16?/m1/s1. The number of hydrogen-bond donors (Lipinski definition) is 2. The van der Waals surface area contributed by atoms with E-state index in [2.05, 4.69) is 15.6 Å². The van der Waals surface area contributed by atoms with Gasteiger partial charge in [0, 0.05) is 18.2 Å². The number of hydrogen-bond acceptors (Lipinski definition) is 7. The smallest absolute Gasteiger partial charge is 0.415 e. The van der Waals surface area contributed by atoms with Crippen LogP contribution in [0, 0.1) is 5.82 Å². The summed E-state index contributed by atoms with van der Waals surface area (Å²) in [5.74, 6) is 0.470. The Bertz CT molecular complexity index is 1420. The van der Waals surface area contributed by atoms with E-state index in [1.165, 1.54) is 17.0 Å². The van der Waals surface area contributed by atoms with Crippen molar-refractivity contribution in [3.05, 3.63) is 58.1 Å². The van der Waals surface area contributed by atoms with E-state index in [4.69, 9.17) is 9.47 Å². The molecule has 3 aliphatic heterocycles. The number of fused-ring (bicyclic) bond motifs is 1. The largest absolute Gasteiger partial charge is 0.480 e. The zero-order chi connectivity index (χ0) is 24.1. The van der Waals surface area contributed by atoms with Crippen LogP contribution in [0.4, 0.5) is 20.8 Å². The maximum absolute atomic E-state index is 14.6. The van der Waals surface area contributed by atoms with Crippen LogP contribution in [0.15, 0.2) is 41.2 Å². The number of nitrogens with one attached hydrogen (secondary N) is 2. The number of anilines is 2. The van der Waals surface area contributed by atoms with Crippen LogP contribution in [0.1, 0.15) is 24.4 Å². The molecule has 0 bridgehead atoms. The molecule has 2 aromatic heterocycles. The van der Waals surface area contributed by atoms with E-state index in [0.29, 0.717) is 55.1 Å². The van der Waals surface area contributed by atoms with Crippen LogP contribution in [0.2, 0.25) is 0 Å². The minimum atomic E-state index is -0.502. The van der Waals surface area contributed by atoms with Gasteiger partial charge >= 0.3 is 6.09 Å². The second-order valence-corrected chi connectivity index (χ2v) is 8.80. The van der Waals surface area contributed by atoms with E-state index in [0.717, 1.165) is 5.39 Å². The molecular weight excluding hydrogens is 457 g/mol. The van der Waals surface area contributed by atoms with Crippen LogP contribution in [-0.4, -0.2) is 47.4 Å². The Morgan fingerprint density at radius 1 is 1.11 bits per heavy atom. The molecule has 2 atom stereocenters. The number of carbonyl (C=O) groups is 2. The lowest BCUT2D eigenvalue weighted by Crippen LogP contribution is -2.29. The first kappa shape index (κ1) is 21.5. The predicted octanol–water partition coefficient (Wildman–Crippen LogP) is 2.32. The first-order chi connectivity index (χ1) is 17.0. The number of pyridine rings is 2. The summed E-state index contributed by atoms with van der Waals surface area (Å²) < 4.78 is 27.0. The molecule has 6 rings (SSSR count). The second kappa shape index (κ2) is 8.35. The maximum Gasteiger partial charge on any atom is 0.415 e. The van der Waals surface area contributed by atoms with E-state index < -0.39 is 6.09 Å². The summed E-state index contributed by atoms with van der Waals surface area (Å²) in [5, 5.41) is 6.82. The highest BCUT2D eigenvalue weighted by atomic mass is 19.1. The summed E-state index contributed by atoms with van der Waals surface area (Å²) in [5.41, 5.74) is 1.02. The van der Waals surface area contributed by atoms with Gasteiger partial charge in [-0.3, -0.25) is 14.5 Å². The van der Waals surface area contributed by atoms with Crippen molar-refractivity contribution in [3.63, 3.8) is 0 Å². The average molecular weight is 479 g/mol. The molecule has 3 aliphatic rings. The van der Waals surface area contributed by atoms with Crippen molar-refractivity contribution in [2.45, 2.75) is 31.5 Å². The van der Waals surface area contributed by atoms with Gasteiger partial charge in [0.25, 0.3) is 11.5 Å². The van der Waals surface area contributed by atoms with Crippen molar-refractivity contribution in [3.8, 4) is 5.75 Å². The van der Waals surface area contributed by atoms with E-state index in [1.807, 2.05) is 0 Å². The first-order valence-electron chi connectivity index (χ1n) is 11.4. The number of amides is 2. The van der Waals surface area contributed by atoms with Gasteiger partial charge in [0.1, 0.15) is 17.7 Å². The highest BCUT2D eigenvalue weighted by Crippen LogP contribution is 2.33. The number of nitrogens with zero attached hydrogens (tertiary/aromatic N) is 3. The molecule has 1 fully saturated rings. The normalized spacial score (nSPS) is 20.5. The molecule has 0 aliphatic carbocycles. The quantitative estimate of drug-likeness (QED) is 0.522. The van der Waals surface area contributed by atoms with E-state index in [9.17, 15) is 18.8 Å². The molecule has 11 heteroatoms. The first-order valence-corrected chi connectivity index (χ1v) is 11.4. The molecule has 2 N–H and O–H groups in total. The van der Waals surface area contributed by atoms with Gasteiger partial charge in [0.05, 0.1) is 18.1 Å². The molecule has 2 amide bonds. The Balaban J connectivity index is 1.06. The summed E-state index contributed by atoms with van der Waals surface area (Å²) in [6.45, 7) is 1.21. The fraction of sp³-hybridized carbons (Fsp3) is 0.333. The second-order valence-electron chi connectivity index (χ2n) is 8.80. The van der Waals surface area contributed by atoms with Crippen molar-refractivity contribution >= 4 is 34.5 Å². The molecule has 0 saturated carbocycles. The fourth-order valence-corrected chi connectivity index (χ4v) is 4.92. The number of rotatable bonds is 6. The third kappa shape index (κ3) is 3.77. The van der Waals surface area contributed by atoms with Gasteiger partial charge in [0.2, 0.25) is 0 Å². The van der Waals surface area contributed by atoms with Crippen LogP contribution >= 0.6 is 0 Å². The Kier molecular flexibility index (Phi) is 5.14. The summed E-state index contributed by atoms with van der Waals surface area (Å²) in [6.07, 6.45) is 0.466. The number of carbonyl (C=O) groups excluding carboxylic acids is 2. The number of cyclic esters (lactones) is 1. The van der Waals surface area contributed by atoms with Crippen molar-refractivity contribution in [2.75, 3.05) is 29.9 Å². The lowest BCUT2D eigenvalue weighted by molar-refractivity contribution is -0.118. The monoisotopic (exact) mass is 479 g/mol. The van der Waals surface area contributed by atoms with Crippen molar-refractivity contribution < 1.29 is 23.5 Å². The van der Waals surface area contributed by atoms with Gasteiger partial charge < -0.3 is 24.7 Å². The third-order valence-electron chi connectivity index (χ3n) is 6.55. The van der Waals surface area contributed by atoms with Crippen molar-refractivity contribution in [1.82, 2.24) is 14.9 Å². The average Bonchev–Trinajstić information content (AvgIpc) is 3.42. The minimum absolute atomic E-state index is 0.0681. The molecule has 3 aromatic rings. The molecule has 0 spiro atoms. The molecule has 1 aromatic carbocycles. The van der Waals surface area contributed by atoms with E-state index >= 15 is 0 Å². The van der Waals surface area contributed by atoms with Crippen LogP contribution in [-0.2, 0) is 16.1 Å². The predicted molar refractivity (Wildman–Crippen MR) is 124 cm³/mol. The summed E-state index contributed by atoms with van der Waals surface area (Å²) >= 11 is 0. The van der Waals surface area contributed by atoms with Crippen LogP contribution in [0.25, 0.3) is 10.9 Å². The summed E-state index contributed by atoms with van der Waals surface area (Å²) in [4.78, 5) is 42.0. The fourth-order valence-electron chi connectivity index (χ4n) is 4.92. The maximum atomic E-state index is 14.6. The lowest BCUT2D eigenvalue weighted by Gasteiger charge is -2.19. The molecule has 1 unspecified atom stereocenters. The number of aromatic nitrogens is 2. The van der Waals surface area contributed by atoms with Crippen LogP contribution in [0.5, 0.6) is 5.75 Å². The van der Waals surface area contributed by atoms with Gasteiger partial charge in [-0.1, -0.05) is 0 Å². The van der Waals surface area contributed by atoms with Crippen molar-refractivity contribution in [1.29, 1.82) is 0 Å². The molecule has 0 radical (unpaired) electrons. The third-order valence-corrected chi connectivity index (χ3v) is 6.55. The highest BCUT2D eigenvalue weighted by molar-refractivity contribution is 5.95. The number of ether oxygens (including phenoxy) is 2. The van der Waals surface area contributed by atoms with Gasteiger partial charge in [-0.2, -0.15) is 0 Å². The van der Waals surface area contributed by atoms with Gasteiger partial charge in [-0.15, -0.1) is 0 Å².